The van der Waals surface area contributed by atoms with E-state index < -0.39 is 32.9 Å². The molecule has 2 amide bonds. The Morgan fingerprint density at radius 2 is 1.65 bits per heavy atom. The minimum Gasteiger partial charge on any atom is -0.481 e. The molecule has 12 heteroatoms. The minimum absolute atomic E-state index is 0.179. The largest absolute Gasteiger partial charge is 0.481 e. The molecule has 0 aliphatic carbocycles. The van der Waals surface area contributed by atoms with Crippen molar-refractivity contribution in [2.24, 2.45) is 0 Å². The average Bonchev–Trinajstić information content (AvgIpc) is 2.81. The van der Waals surface area contributed by atoms with Gasteiger partial charge in [0.15, 0.2) is 6.61 Å². The van der Waals surface area contributed by atoms with Gasteiger partial charge in [-0.15, -0.1) is 0 Å². The van der Waals surface area contributed by atoms with Crippen molar-refractivity contribution in [1.82, 2.24) is 0 Å². The van der Waals surface area contributed by atoms with E-state index in [0.29, 0.717) is 17.0 Å². The zero-order chi connectivity index (χ0) is 24.4. The highest BCUT2D eigenvalue weighted by molar-refractivity contribution is 6.06. The number of halogens is 1. The van der Waals surface area contributed by atoms with Crippen molar-refractivity contribution >= 4 is 34.6 Å². The Morgan fingerprint density at radius 3 is 2.26 bits per heavy atom. The number of carbonyl (C=O) groups excluding carboxylic acids is 2. The number of benzene rings is 3. The van der Waals surface area contributed by atoms with Crippen LogP contribution in [0, 0.1) is 26.0 Å². The van der Waals surface area contributed by atoms with E-state index in [4.69, 9.17) is 4.74 Å². The number of nitro groups is 2. The van der Waals surface area contributed by atoms with Gasteiger partial charge in [0.05, 0.1) is 33.7 Å². The fourth-order valence-electron chi connectivity index (χ4n) is 3.37. The number of fused-ring (bicyclic) bond motifs is 1. The molecule has 3 aromatic carbocycles. The summed E-state index contributed by atoms with van der Waals surface area (Å²) >= 11 is 0. The lowest BCUT2D eigenvalue weighted by atomic mass is 10.1. The topological polar surface area (TPSA) is 145 Å². The number of carbonyl (C=O) groups is 2. The second-order valence-corrected chi connectivity index (χ2v) is 7.28. The number of nitro benzene ring substituents is 2. The van der Waals surface area contributed by atoms with Crippen LogP contribution in [0.3, 0.4) is 0 Å². The van der Waals surface area contributed by atoms with Gasteiger partial charge in [0.2, 0.25) is 0 Å². The molecule has 172 valence electrons. The summed E-state index contributed by atoms with van der Waals surface area (Å²) < 4.78 is 18.6. The molecule has 0 bridgehead atoms. The molecule has 0 unspecified atom stereocenters. The molecule has 3 aromatic rings. The number of hydrogen-bond donors (Lipinski definition) is 1. The highest BCUT2D eigenvalue weighted by Gasteiger charge is 2.26. The van der Waals surface area contributed by atoms with Gasteiger partial charge < -0.3 is 15.0 Å². The van der Waals surface area contributed by atoms with E-state index in [2.05, 4.69) is 5.32 Å². The molecule has 4 rings (SSSR count). The first-order chi connectivity index (χ1) is 16.2. The molecule has 34 heavy (non-hydrogen) atoms. The highest BCUT2D eigenvalue weighted by atomic mass is 19.1. The molecular formula is C22H15FN4O7. The monoisotopic (exact) mass is 466 g/mol. The maximum Gasteiger partial charge on any atom is 0.277 e. The van der Waals surface area contributed by atoms with E-state index in [1.54, 1.807) is 18.2 Å². The van der Waals surface area contributed by atoms with Crippen LogP contribution in [-0.2, 0) is 11.3 Å². The molecule has 1 N–H and O–H groups in total. The van der Waals surface area contributed by atoms with Gasteiger partial charge in [0, 0.05) is 23.9 Å². The zero-order valence-electron chi connectivity index (χ0n) is 17.3. The highest BCUT2D eigenvalue weighted by Crippen LogP contribution is 2.35. The quantitative estimate of drug-likeness (QED) is 0.429. The summed E-state index contributed by atoms with van der Waals surface area (Å²) in [5.41, 5.74) is -0.0791. The molecule has 1 heterocycles. The van der Waals surface area contributed by atoms with Crippen LogP contribution in [0.15, 0.2) is 60.7 Å². The third kappa shape index (κ3) is 4.65. The number of anilines is 2. The van der Waals surface area contributed by atoms with Gasteiger partial charge in [-0.3, -0.25) is 29.8 Å². The molecule has 1 aliphatic heterocycles. The summed E-state index contributed by atoms with van der Waals surface area (Å²) in [6.45, 7) is -0.0683. The van der Waals surface area contributed by atoms with E-state index in [1.807, 2.05) is 0 Å². The van der Waals surface area contributed by atoms with Crippen LogP contribution in [-0.4, -0.2) is 28.3 Å². The number of amides is 2. The first-order valence-electron chi connectivity index (χ1n) is 9.78. The summed E-state index contributed by atoms with van der Waals surface area (Å²) in [6.07, 6.45) is 0. The first kappa shape index (κ1) is 22.3. The Hall–Kier alpha value is -4.87. The van der Waals surface area contributed by atoms with Crippen LogP contribution in [0.5, 0.6) is 5.75 Å². The van der Waals surface area contributed by atoms with Gasteiger partial charge in [-0.2, -0.15) is 0 Å². The van der Waals surface area contributed by atoms with Crippen molar-refractivity contribution in [3.05, 3.63) is 97.8 Å². The van der Waals surface area contributed by atoms with Gasteiger partial charge in [0.25, 0.3) is 23.2 Å². The normalized spacial score (nSPS) is 12.5. The Labute approximate surface area is 190 Å². The van der Waals surface area contributed by atoms with Crippen LogP contribution in [0.2, 0.25) is 0 Å². The van der Waals surface area contributed by atoms with Gasteiger partial charge >= 0.3 is 0 Å². The van der Waals surface area contributed by atoms with E-state index in [1.165, 1.54) is 29.2 Å². The van der Waals surface area contributed by atoms with E-state index in [-0.39, 0.29) is 30.3 Å². The van der Waals surface area contributed by atoms with Crippen molar-refractivity contribution in [2.45, 2.75) is 6.54 Å². The Morgan fingerprint density at radius 1 is 1.00 bits per heavy atom. The Bertz CT molecular complexity index is 1300. The van der Waals surface area contributed by atoms with Gasteiger partial charge in [-0.1, -0.05) is 12.1 Å². The number of non-ortho nitro benzene ring substituents is 2. The van der Waals surface area contributed by atoms with Crippen LogP contribution in [0.1, 0.15) is 15.9 Å². The van der Waals surface area contributed by atoms with Crippen LogP contribution < -0.4 is 15.0 Å². The molecule has 11 nitrogen and oxygen atoms in total. The van der Waals surface area contributed by atoms with Crippen molar-refractivity contribution in [3.63, 3.8) is 0 Å². The summed E-state index contributed by atoms with van der Waals surface area (Å²) in [7, 11) is 0. The number of rotatable bonds is 6. The summed E-state index contributed by atoms with van der Waals surface area (Å²) in [5.74, 6) is -1.21. The maximum absolute atomic E-state index is 13.2. The molecule has 0 atom stereocenters. The molecule has 0 fully saturated rings. The van der Waals surface area contributed by atoms with E-state index in [0.717, 1.165) is 18.2 Å². The van der Waals surface area contributed by atoms with Crippen molar-refractivity contribution in [2.75, 3.05) is 16.8 Å². The molecule has 0 saturated heterocycles. The van der Waals surface area contributed by atoms with E-state index in [9.17, 15) is 34.2 Å². The minimum atomic E-state index is -0.830. The third-order valence-corrected chi connectivity index (χ3v) is 5.00. The van der Waals surface area contributed by atoms with Crippen molar-refractivity contribution in [3.8, 4) is 5.75 Å². The van der Waals surface area contributed by atoms with Crippen LogP contribution in [0.4, 0.5) is 27.1 Å². The molecule has 0 spiro atoms. The lowest BCUT2D eigenvalue weighted by Crippen LogP contribution is -2.38. The Kier molecular flexibility index (Phi) is 5.87. The lowest BCUT2D eigenvalue weighted by molar-refractivity contribution is -0.394. The summed E-state index contributed by atoms with van der Waals surface area (Å²) in [6, 6.07) is 12.8. The van der Waals surface area contributed by atoms with Crippen molar-refractivity contribution in [1.29, 1.82) is 0 Å². The first-order valence-corrected chi connectivity index (χ1v) is 9.78. The Balaban J connectivity index is 1.58. The predicted molar refractivity (Wildman–Crippen MR) is 117 cm³/mol. The third-order valence-electron chi connectivity index (χ3n) is 5.00. The lowest BCUT2D eigenvalue weighted by Gasteiger charge is -2.29. The van der Waals surface area contributed by atoms with E-state index >= 15 is 0 Å². The molecule has 1 aliphatic rings. The number of ether oxygens (including phenoxy) is 1. The van der Waals surface area contributed by atoms with Gasteiger partial charge in [0.1, 0.15) is 11.6 Å². The molecule has 0 aromatic heterocycles. The fourth-order valence-corrected chi connectivity index (χ4v) is 3.37. The smallest absolute Gasteiger partial charge is 0.277 e. The SMILES string of the molecule is O=C(Nc1ccc2c(c1)OCC(=O)N2Cc1ccc(F)cc1)c1cc([N+](=O)[O-])cc([N+](=O)[O-])c1. The summed E-state index contributed by atoms with van der Waals surface area (Å²) in [5, 5.41) is 24.6. The number of nitrogens with zero attached hydrogens (tertiary/aromatic N) is 3. The second-order valence-electron chi connectivity index (χ2n) is 7.28. The predicted octanol–water partition coefficient (Wildman–Crippen LogP) is 3.82. The number of hydrogen-bond acceptors (Lipinski definition) is 7. The summed E-state index contributed by atoms with van der Waals surface area (Å²) in [4.78, 5) is 46.9. The van der Waals surface area contributed by atoms with Crippen LogP contribution in [0.25, 0.3) is 0 Å². The maximum atomic E-state index is 13.2. The van der Waals surface area contributed by atoms with Crippen LogP contribution >= 0.6 is 0 Å². The number of nitrogens with one attached hydrogen (secondary N) is 1. The van der Waals surface area contributed by atoms with Crippen molar-refractivity contribution < 1.29 is 28.6 Å². The standard InChI is InChI=1S/C22H15FN4O7/c23-15-3-1-13(2-4-15)11-25-19-6-5-16(9-20(19)34-12-21(25)28)24-22(29)14-7-17(26(30)31)10-18(8-14)27(32)33/h1-10H,11-12H2,(H,24,29). The zero-order valence-corrected chi connectivity index (χ0v) is 17.3. The van der Waals surface area contributed by atoms with Gasteiger partial charge in [-0.25, -0.2) is 4.39 Å². The average molecular weight is 466 g/mol. The van der Waals surface area contributed by atoms with Gasteiger partial charge in [-0.05, 0) is 29.8 Å². The fraction of sp³-hybridized carbons (Fsp3) is 0.0909. The molecular weight excluding hydrogens is 451 g/mol. The molecule has 0 radical (unpaired) electrons. The second kappa shape index (κ2) is 8.94. The molecule has 0 saturated carbocycles.